The summed E-state index contributed by atoms with van der Waals surface area (Å²) >= 11 is 0. The lowest BCUT2D eigenvalue weighted by molar-refractivity contribution is 1.17. The lowest BCUT2D eigenvalue weighted by Gasteiger charge is -2.22. The smallest absolute Gasteiger partial charge is 0.0484 e. The van der Waals surface area contributed by atoms with Gasteiger partial charge in [0.1, 0.15) is 0 Å². The Kier molecular flexibility index (Phi) is 5.40. The summed E-state index contributed by atoms with van der Waals surface area (Å²) in [6.45, 7) is 6.73. The topological polar surface area (TPSA) is 3.24 Å². The van der Waals surface area contributed by atoms with Gasteiger partial charge in [-0.05, 0) is 37.1 Å². The Hall–Kier alpha value is -1.80. The van der Waals surface area contributed by atoms with Crippen molar-refractivity contribution in [3.8, 4) is 0 Å². The van der Waals surface area contributed by atoms with Crippen molar-refractivity contribution in [3.05, 3.63) is 65.2 Å². The maximum absolute atomic E-state index is 2.31. The summed E-state index contributed by atoms with van der Waals surface area (Å²) in [7, 11) is 2.55. The fourth-order valence-electron chi connectivity index (χ4n) is 2.60. The Balaban J connectivity index is 0.000000497. The SMILES string of the molecule is CC1=Cc2c(cccc2N(C)c2ccccc2)C1.C[SiH2]C. The first kappa shape index (κ1) is 15.6. The van der Waals surface area contributed by atoms with Crippen molar-refractivity contribution in [1.82, 2.24) is 0 Å². The molecule has 0 aliphatic heterocycles. The minimum Gasteiger partial charge on any atom is -0.344 e. The van der Waals surface area contributed by atoms with E-state index in [9.17, 15) is 0 Å². The molecule has 0 saturated heterocycles. The molecule has 2 aromatic rings. The molecular weight excluding hydrogens is 270 g/mol. The molecule has 110 valence electrons. The van der Waals surface area contributed by atoms with Gasteiger partial charge in [-0.1, -0.05) is 55.1 Å². The van der Waals surface area contributed by atoms with Gasteiger partial charge in [0.2, 0.25) is 0 Å². The molecule has 2 aromatic carbocycles. The van der Waals surface area contributed by atoms with Gasteiger partial charge in [-0.25, -0.2) is 0 Å². The first-order valence-corrected chi connectivity index (χ1v) is 10.6. The van der Waals surface area contributed by atoms with Gasteiger partial charge in [0.05, 0.1) is 0 Å². The summed E-state index contributed by atoms with van der Waals surface area (Å²) < 4.78 is 0. The maximum Gasteiger partial charge on any atom is 0.0484 e. The highest BCUT2D eigenvalue weighted by Gasteiger charge is 2.15. The molecule has 0 fully saturated rings. The highest BCUT2D eigenvalue weighted by Crippen LogP contribution is 2.35. The van der Waals surface area contributed by atoms with Crippen molar-refractivity contribution in [2.45, 2.75) is 26.4 Å². The third kappa shape index (κ3) is 3.64. The monoisotopic (exact) mass is 295 g/mol. The van der Waals surface area contributed by atoms with Gasteiger partial charge in [0.15, 0.2) is 0 Å². The lowest BCUT2D eigenvalue weighted by Crippen LogP contribution is -2.10. The van der Waals surface area contributed by atoms with Crippen LogP contribution in [-0.4, -0.2) is 16.6 Å². The number of para-hydroxylation sites is 1. The van der Waals surface area contributed by atoms with Crippen LogP contribution in [0.2, 0.25) is 13.1 Å². The van der Waals surface area contributed by atoms with Crippen LogP contribution in [0.25, 0.3) is 6.08 Å². The van der Waals surface area contributed by atoms with E-state index in [0.717, 1.165) is 6.42 Å². The first-order valence-electron chi connectivity index (χ1n) is 7.75. The van der Waals surface area contributed by atoms with Gasteiger partial charge in [0.25, 0.3) is 0 Å². The van der Waals surface area contributed by atoms with Crippen LogP contribution in [0.4, 0.5) is 11.4 Å². The first-order chi connectivity index (χ1) is 10.2. The second-order valence-corrected chi connectivity index (χ2v) is 7.03. The largest absolute Gasteiger partial charge is 0.344 e. The van der Waals surface area contributed by atoms with Crippen molar-refractivity contribution < 1.29 is 0 Å². The van der Waals surface area contributed by atoms with Gasteiger partial charge in [-0.3, -0.25) is 0 Å². The minimum atomic E-state index is 0.417. The van der Waals surface area contributed by atoms with E-state index in [0.29, 0.717) is 9.52 Å². The van der Waals surface area contributed by atoms with Crippen LogP contribution in [0.15, 0.2) is 54.1 Å². The molecule has 3 rings (SSSR count). The van der Waals surface area contributed by atoms with E-state index in [1.54, 1.807) is 0 Å². The van der Waals surface area contributed by atoms with E-state index < -0.39 is 0 Å². The predicted molar refractivity (Wildman–Crippen MR) is 98.6 cm³/mol. The van der Waals surface area contributed by atoms with Crippen molar-refractivity contribution in [1.29, 1.82) is 0 Å². The van der Waals surface area contributed by atoms with E-state index in [1.807, 2.05) is 0 Å². The molecule has 0 amide bonds. The third-order valence-electron chi connectivity index (χ3n) is 3.54. The number of nitrogens with zero attached hydrogens (tertiary/aromatic N) is 1. The highest BCUT2D eigenvalue weighted by atomic mass is 28.2. The van der Waals surface area contributed by atoms with Crippen LogP contribution >= 0.6 is 0 Å². The third-order valence-corrected chi connectivity index (χ3v) is 3.54. The molecule has 0 unspecified atom stereocenters. The van der Waals surface area contributed by atoms with Crippen LogP contribution in [0.3, 0.4) is 0 Å². The van der Waals surface area contributed by atoms with Gasteiger partial charge < -0.3 is 4.90 Å². The van der Waals surface area contributed by atoms with Crippen molar-refractivity contribution in [3.63, 3.8) is 0 Å². The Morgan fingerprint density at radius 3 is 2.29 bits per heavy atom. The van der Waals surface area contributed by atoms with Gasteiger partial charge in [-0.15, -0.1) is 0 Å². The Morgan fingerprint density at radius 1 is 0.952 bits per heavy atom. The Morgan fingerprint density at radius 2 is 1.62 bits per heavy atom. The molecule has 1 aliphatic carbocycles. The van der Waals surface area contributed by atoms with E-state index >= 15 is 0 Å². The summed E-state index contributed by atoms with van der Waals surface area (Å²) in [5, 5.41) is 0. The lowest BCUT2D eigenvalue weighted by atomic mass is 10.1. The van der Waals surface area contributed by atoms with Crippen molar-refractivity contribution in [2.75, 3.05) is 11.9 Å². The predicted octanol–water partition coefficient (Wildman–Crippen LogP) is 4.67. The molecule has 0 heterocycles. The summed E-state index contributed by atoms with van der Waals surface area (Å²) in [5.41, 5.74) is 6.77. The minimum absolute atomic E-state index is 0.417. The van der Waals surface area contributed by atoms with Crippen molar-refractivity contribution >= 4 is 27.0 Å². The number of hydrogen-bond acceptors (Lipinski definition) is 1. The quantitative estimate of drug-likeness (QED) is 0.728. The van der Waals surface area contributed by atoms with Crippen LogP contribution in [-0.2, 0) is 6.42 Å². The van der Waals surface area contributed by atoms with Crippen LogP contribution < -0.4 is 4.90 Å². The number of anilines is 2. The summed E-state index contributed by atoms with van der Waals surface area (Å²) in [5.74, 6) is 0. The normalized spacial score (nSPS) is 12.1. The fraction of sp³-hybridized carbons (Fsp3) is 0.263. The Labute approximate surface area is 131 Å². The summed E-state index contributed by atoms with van der Waals surface area (Å²) in [6, 6.07) is 17.1. The van der Waals surface area contributed by atoms with Gasteiger partial charge in [-0.2, -0.15) is 0 Å². The average molecular weight is 296 g/mol. The average Bonchev–Trinajstić information content (AvgIpc) is 2.88. The molecule has 0 atom stereocenters. The maximum atomic E-state index is 2.31. The molecule has 21 heavy (non-hydrogen) atoms. The molecule has 0 bridgehead atoms. The standard InChI is InChI=1S/C17H17N.C2H8Si/c1-13-11-14-7-6-10-17(16(14)12-13)18(2)15-8-4-3-5-9-15;1-3-2/h3-10,12H,11H2,1-2H3;3H2,1-2H3. The molecule has 0 radical (unpaired) electrons. The van der Waals surface area contributed by atoms with Gasteiger partial charge in [0, 0.05) is 33.5 Å². The number of fused-ring (bicyclic) bond motifs is 1. The zero-order valence-electron chi connectivity index (χ0n) is 13.6. The fourth-order valence-corrected chi connectivity index (χ4v) is 2.60. The molecule has 0 saturated carbocycles. The van der Waals surface area contributed by atoms with E-state index in [-0.39, 0.29) is 0 Å². The number of benzene rings is 2. The Bertz CT molecular complexity index is 617. The van der Waals surface area contributed by atoms with E-state index in [4.69, 9.17) is 0 Å². The highest BCUT2D eigenvalue weighted by molar-refractivity contribution is 6.31. The molecule has 0 spiro atoms. The van der Waals surface area contributed by atoms with E-state index in [2.05, 4.69) is 86.6 Å². The second kappa shape index (κ2) is 7.28. The molecule has 1 aliphatic rings. The van der Waals surface area contributed by atoms with Crippen LogP contribution in [0, 0.1) is 0 Å². The molecule has 1 nitrogen and oxygen atoms in total. The zero-order valence-corrected chi connectivity index (χ0v) is 15.0. The van der Waals surface area contributed by atoms with Crippen LogP contribution in [0.1, 0.15) is 18.1 Å². The second-order valence-electron chi connectivity index (χ2n) is 5.62. The number of allylic oxidation sites excluding steroid dienone is 1. The molecule has 2 heteroatoms. The molecular formula is C19H25NSi. The number of rotatable bonds is 2. The zero-order chi connectivity index (χ0) is 15.2. The molecule has 0 aromatic heterocycles. The summed E-state index contributed by atoms with van der Waals surface area (Å²) in [6.07, 6.45) is 3.40. The van der Waals surface area contributed by atoms with Crippen LogP contribution in [0.5, 0.6) is 0 Å². The molecule has 0 N–H and O–H groups in total. The van der Waals surface area contributed by atoms with Crippen molar-refractivity contribution in [2.24, 2.45) is 0 Å². The number of hydrogen-bond donors (Lipinski definition) is 0. The van der Waals surface area contributed by atoms with E-state index in [1.165, 1.54) is 28.1 Å². The summed E-state index contributed by atoms with van der Waals surface area (Å²) in [4.78, 5) is 2.26. The van der Waals surface area contributed by atoms with Gasteiger partial charge >= 0.3 is 0 Å².